The van der Waals surface area contributed by atoms with E-state index in [0.29, 0.717) is 12.3 Å². The van der Waals surface area contributed by atoms with Gasteiger partial charge in [-0.3, -0.25) is 0 Å². The highest BCUT2D eigenvalue weighted by atomic mass is 19.3. The number of ether oxygens (including phenoxy) is 1. The number of rotatable bonds is 4. The molecule has 0 bridgehead atoms. The summed E-state index contributed by atoms with van der Waals surface area (Å²) in [4.78, 5) is 0. The van der Waals surface area contributed by atoms with E-state index in [1.54, 1.807) is 6.92 Å². The van der Waals surface area contributed by atoms with Crippen LogP contribution in [0.15, 0.2) is 0 Å². The minimum atomic E-state index is -2.63. The molecule has 0 amide bonds. The molecular weight excluding hydrogens is 138 g/mol. The van der Waals surface area contributed by atoms with Crippen molar-refractivity contribution in [1.29, 1.82) is 0 Å². The van der Waals surface area contributed by atoms with Gasteiger partial charge in [-0.05, 0) is 19.3 Å². The lowest BCUT2D eigenvalue weighted by molar-refractivity contribution is -0.161. The van der Waals surface area contributed by atoms with E-state index in [1.807, 2.05) is 13.8 Å². The Morgan fingerprint density at radius 2 is 1.70 bits per heavy atom. The highest BCUT2D eigenvalue weighted by Gasteiger charge is 2.10. The number of hydrogen-bond acceptors (Lipinski definition) is 1. The molecular formula is C7H14F2O. The van der Waals surface area contributed by atoms with E-state index in [2.05, 4.69) is 4.74 Å². The molecule has 0 aromatic carbocycles. The van der Waals surface area contributed by atoms with Crippen LogP contribution in [0.5, 0.6) is 0 Å². The molecule has 0 rings (SSSR count). The van der Waals surface area contributed by atoms with Crippen molar-refractivity contribution in [3.63, 3.8) is 0 Å². The first-order valence-corrected chi connectivity index (χ1v) is 3.46. The molecule has 0 heterocycles. The van der Waals surface area contributed by atoms with Gasteiger partial charge in [-0.25, -0.2) is 0 Å². The standard InChI is InChI=1S/C7H14F2O/c1-5(2)4-6(3)10-7(8)9/h5-7H,4H2,1-3H3/t6-/m1/s1. The minimum Gasteiger partial charge on any atom is -0.320 e. The fourth-order valence-electron chi connectivity index (χ4n) is 0.895. The Hall–Kier alpha value is -0.180. The first-order valence-electron chi connectivity index (χ1n) is 3.46. The highest BCUT2D eigenvalue weighted by Crippen LogP contribution is 2.10. The Balaban J connectivity index is 3.34. The van der Waals surface area contributed by atoms with Crippen molar-refractivity contribution >= 4 is 0 Å². The zero-order chi connectivity index (χ0) is 8.15. The summed E-state index contributed by atoms with van der Waals surface area (Å²) >= 11 is 0. The fraction of sp³-hybridized carbons (Fsp3) is 1.00. The van der Waals surface area contributed by atoms with Crippen LogP contribution < -0.4 is 0 Å². The number of hydrogen-bond donors (Lipinski definition) is 0. The largest absolute Gasteiger partial charge is 0.345 e. The fourth-order valence-corrected chi connectivity index (χ4v) is 0.895. The third kappa shape index (κ3) is 5.95. The van der Waals surface area contributed by atoms with Crippen LogP contribution in [-0.2, 0) is 4.74 Å². The smallest absolute Gasteiger partial charge is 0.320 e. The SMILES string of the molecule is CC(C)C[C@@H](C)OC(F)F. The highest BCUT2D eigenvalue weighted by molar-refractivity contribution is 4.52. The van der Waals surface area contributed by atoms with Crippen LogP contribution in [0.2, 0.25) is 0 Å². The van der Waals surface area contributed by atoms with Crippen LogP contribution in [0.3, 0.4) is 0 Å². The minimum absolute atomic E-state index is 0.333. The Kier molecular flexibility index (Phi) is 4.52. The average molecular weight is 152 g/mol. The summed E-state index contributed by atoms with van der Waals surface area (Å²) in [5.74, 6) is 0.411. The predicted octanol–water partition coefficient (Wildman–Crippen LogP) is 2.66. The lowest BCUT2D eigenvalue weighted by Crippen LogP contribution is -2.14. The molecule has 0 fully saturated rings. The molecule has 3 heteroatoms. The van der Waals surface area contributed by atoms with Crippen molar-refractivity contribution in [2.24, 2.45) is 5.92 Å². The molecule has 62 valence electrons. The van der Waals surface area contributed by atoms with Crippen LogP contribution in [-0.4, -0.2) is 12.7 Å². The van der Waals surface area contributed by atoms with Gasteiger partial charge in [-0.15, -0.1) is 0 Å². The van der Waals surface area contributed by atoms with Crippen molar-refractivity contribution in [3.05, 3.63) is 0 Å². The lowest BCUT2D eigenvalue weighted by atomic mass is 10.1. The Bertz CT molecular complexity index is 73.7. The van der Waals surface area contributed by atoms with E-state index in [0.717, 1.165) is 0 Å². The molecule has 0 aromatic heterocycles. The summed E-state index contributed by atoms with van der Waals surface area (Å²) in [6, 6.07) is 0. The molecule has 0 unspecified atom stereocenters. The Morgan fingerprint density at radius 1 is 1.20 bits per heavy atom. The molecule has 0 spiro atoms. The molecule has 0 aliphatic rings. The van der Waals surface area contributed by atoms with E-state index < -0.39 is 6.61 Å². The molecule has 10 heavy (non-hydrogen) atoms. The maximum Gasteiger partial charge on any atom is 0.345 e. The molecule has 0 N–H and O–H groups in total. The van der Waals surface area contributed by atoms with E-state index in [4.69, 9.17) is 0 Å². The van der Waals surface area contributed by atoms with E-state index in [1.165, 1.54) is 0 Å². The first-order chi connectivity index (χ1) is 4.52. The third-order valence-corrected chi connectivity index (χ3v) is 1.14. The van der Waals surface area contributed by atoms with Crippen molar-refractivity contribution in [2.45, 2.75) is 39.9 Å². The van der Waals surface area contributed by atoms with Gasteiger partial charge in [0.2, 0.25) is 0 Å². The van der Waals surface area contributed by atoms with E-state index in [-0.39, 0.29) is 6.10 Å². The van der Waals surface area contributed by atoms with Gasteiger partial charge in [0.15, 0.2) is 0 Å². The molecule has 0 aliphatic heterocycles. The summed E-state index contributed by atoms with van der Waals surface area (Å²) in [7, 11) is 0. The Labute approximate surface area is 60.4 Å². The summed E-state index contributed by atoms with van der Waals surface area (Å²) in [5.41, 5.74) is 0. The molecule has 0 aliphatic carbocycles. The first kappa shape index (κ1) is 9.82. The van der Waals surface area contributed by atoms with Crippen LogP contribution in [0.1, 0.15) is 27.2 Å². The monoisotopic (exact) mass is 152 g/mol. The summed E-state index contributed by atoms with van der Waals surface area (Å²) in [5, 5.41) is 0. The Morgan fingerprint density at radius 3 is 2.00 bits per heavy atom. The third-order valence-electron chi connectivity index (χ3n) is 1.14. The van der Waals surface area contributed by atoms with Gasteiger partial charge in [-0.1, -0.05) is 13.8 Å². The second kappa shape index (κ2) is 4.61. The van der Waals surface area contributed by atoms with Crippen LogP contribution in [0.25, 0.3) is 0 Å². The number of halogens is 2. The van der Waals surface area contributed by atoms with Crippen LogP contribution >= 0.6 is 0 Å². The molecule has 1 atom stereocenters. The summed E-state index contributed by atoms with van der Waals surface area (Å²) in [6.07, 6.45) is 0.352. The van der Waals surface area contributed by atoms with Gasteiger partial charge in [0.1, 0.15) is 0 Å². The van der Waals surface area contributed by atoms with E-state index >= 15 is 0 Å². The quantitative estimate of drug-likeness (QED) is 0.601. The maximum atomic E-state index is 11.5. The predicted molar refractivity (Wildman–Crippen MR) is 36.0 cm³/mol. The second-order valence-electron chi connectivity index (χ2n) is 2.84. The molecule has 0 saturated heterocycles. The van der Waals surface area contributed by atoms with Crippen LogP contribution in [0.4, 0.5) is 8.78 Å². The second-order valence-corrected chi connectivity index (χ2v) is 2.84. The average Bonchev–Trinajstić information content (AvgIpc) is 1.58. The molecule has 1 nitrogen and oxygen atoms in total. The van der Waals surface area contributed by atoms with Gasteiger partial charge in [0.25, 0.3) is 0 Å². The molecule has 0 radical (unpaired) electrons. The van der Waals surface area contributed by atoms with Gasteiger partial charge < -0.3 is 4.74 Å². The van der Waals surface area contributed by atoms with Gasteiger partial charge in [0, 0.05) is 0 Å². The zero-order valence-electron chi connectivity index (χ0n) is 6.60. The van der Waals surface area contributed by atoms with Gasteiger partial charge >= 0.3 is 6.61 Å². The van der Waals surface area contributed by atoms with Crippen molar-refractivity contribution in [2.75, 3.05) is 0 Å². The van der Waals surface area contributed by atoms with Crippen molar-refractivity contribution in [3.8, 4) is 0 Å². The van der Waals surface area contributed by atoms with Crippen molar-refractivity contribution in [1.82, 2.24) is 0 Å². The maximum absolute atomic E-state index is 11.5. The lowest BCUT2D eigenvalue weighted by Gasteiger charge is -2.13. The van der Waals surface area contributed by atoms with E-state index in [9.17, 15) is 8.78 Å². The number of alkyl halides is 2. The molecule has 0 aromatic rings. The van der Waals surface area contributed by atoms with Crippen molar-refractivity contribution < 1.29 is 13.5 Å². The molecule has 0 saturated carbocycles. The summed E-state index contributed by atoms with van der Waals surface area (Å²) in [6.45, 7) is 2.98. The van der Waals surface area contributed by atoms with Crippen LogP contribution in [0, 0.1) is 5.92 Å². The van der Waals surface area contributed by atoms with Gasteiger partial charge in [0.05, 0.1) is 6.10 Å². The van der Waals surface area contributed by atoms with Gasteiger partial charge in [-0.2, -0.15) is 8.78 Å². The zero-order valence-corrected chi connectivity index (χ0v) is 6.60. The summed E-state index contributed by atoms with van der Waals surface area (Å²) < 4.78 is 27.3. The topological polar surface area (TPSA) is 9.23 Å². The normalized spacial score (nSPS) is 14.7.